The van der Waals surface area contributed by atoms with Gasteiger partial charge in [-0.25, -0.2) is 0 Å². The van der Waals surface area contributed by atoms with Gasteiger partial charge in [0.2, 0.25) is 11.9 Å². The average Bonchev–Trinajstić information content (AvgIpc) is 3.03. The lowest BCUT2D eigenvalue weighted by atomic mass is 9.89. The normalized spacial score (nSPS) is 25.5. The molecule has 6 nitrogen and oxygen atoms in total. The zero-order valence-corrected chi connectivity index (χ0v) is 14.3. The predicted octanol–water partition coefficient (Wildman–Crippen LogP) is 2.43. The van der Waals surface area contributed by atoms with Gasteiger partial charge in [0.05, 0.1) is 0 Å². The molecule has 4 rings (SSSR count). The summed E-state index contributed by atoms with van der Waals surface area (Å²) in [4.78, 5) is 12.2. The highest BCUT2D eigenvalue weighted by Crippen LogP contribution is 2.32. The van der Waals surface area contributed by atoms with Crippen LogP contribution in [0.15, 0.2) is 24.4 Å². The van der Waals surface area contributed by atoms with E-state index in [2.05, 4.69) is 20.8 Å². The molecule has 2 atom stereocenters. The van der Waals surface area contributed by atoms with E-state index in [0.29, 0.717) is 30.4 Å². The third-order valence-corrected chi connectivity index (χ3v) is 4.61. The molecule has 8 heteroatoms. The van der Waals surface area contributed by atoms with Crippen molar-refractivity contribution >= 4 is 42.3 Å². The van der Waals surface area contributed by atoms with Gasteiger partial charge >= 0.3 is 0 Å². The van der Waals surface area contributed by atoms with Crippen LogP contribution in [0.5, 0.6) is 0 Å². The maximum atomic E-state index is 12.2. The van der Waals surface area contributed by atoms with Gasteiger partial charge in [-0.05, 0) is 43.7 Å². The molecule has 1 amide bonds. The lowest BCUT2D eigenvalue weighted by Crippen LogP contribution is -2.39. The van der Waals surface area contributed by atoms with E-state index in [0.717, 1.165) is 18.5 Å². The summed E-state index contributed by atoms with van der Waals surface area (Å²) in [6.07, 6.45) is 7.19. The molecule has 0 spiro atoms. The van der Waals surface area contributed by atoms with Gasteiger partial charge in [0.15, 0.2) is 5.65 Å². The molecule has 0 aliphatic carbocycles. The Labute approximate surface area is 147 Å². The number of halogens is 2. The Morgan fingerprint density at radius 2 is 1.96 bits per heavy atom. The average molecular weight is 358 g/mol. The first-order chi connectivity index (χ1) is 10.3. The van der Waals surface area contributed by atoms with Gasteiger partial charge in [-0.1, -0.05) is 6.07 Å². The van der Waals surface area contributed by atoms with Crippen molar-refractivity contribution in [2.45, 2.75) is 44.2 Å². The molecule has 2 unspecified atom stereocenters. The molecule has 2 aromatic heterocycles. The second-order valence-corrected chi connectivity index (χ2v) is 6.18. The minimum atomic E-state index is 0. The number of amides is 1. The number of nitrogens with zero attached hydrogens (tertiary/aromatic N) is 3. The van der Waals surface area contributed by atoms with Crippen molar-refractivity contribution in [2.75, 3.05) is 5.32 Å². The van der Waals surface area contributed by atoms with Gasteiger partial charge in [-0.2, -0.15) is 0 Å². The first-order valence-corrected chi connectivity index (χ1v) is 7.63. The molecule has 23 heavy (non-hydrogen) atoms. The van der Waals surface area contributed by atoms with Crippen molar-refractivity contribution in [3.8, 4) is 0 Å². The third kappa shape index (κ3) is 3.76. The predicted molar refractivity (Wildman–Crippen MR) is 93.4 cm³/mol. The molecule has 2 aliphatic rings. The van der Waals surface area contributed by atoms with Crippen molar-refractivity contribution in [2.24, 2.45) is 5.92 Å². The number of hydrogen-bond acceptors (Lipinski definition) is 4. The minimum absolute atomic E-state index is 0. The first-order valence-electron chi connectivity index (χ1n) is 7.63. The Kier molecular flexibility index (Phi) is 5.84. The molecule has 2 N–H and O–H groups in total. The smallest absolute Gasteiger partial charge is 0.235 e. The van der Waals surface area contributed by atoms with Crippen molar-refractivity contribution in [1.29, 1.82) is 0 Å². The van der Waals surface area contributed by atoms with E-state index < -0.39 is 0 Å². The van der Waals surface area contributed by atoms with Crippen molar-refractivity contribution < 1.29 is 4.79 Å². The number of hydrogen-bond donors (Lipinski definition) is 2. The van der Waals surface area contributed by atoms with E-state index in [1.54, 1.807) is 4.40 Å². The van der Waals surface area contributed by atoms with E-state index in [-0.39, 0.29) is 30.7 Å². The maximum Gasteiger partial charge on any atom is 0.235 e. The topological polar surface area (TPSA) is 71.3 Å². The highest BCUT2D eigenvalue weighted by atomic mass is 35.5. The van der Waals surface area contributed by atoms with Crippen LogP contribution in [0.3, 0.4) is 0 Å². The van der Waals surface area contributed by atoms with Crippen LogP contribution < -0.4 is 10.6 Å². The van der Waals surface area contributed by atoms with Crippen LogP contribution in [-0.4, -0.2) is 32.6 Å². The second-order valence-electron chi connectivity index (χ2n) is 6.18. The summed E-state index contributed by atoms with van der Waals surface area (Å²) in [7, 11) is 0. The highest BCUT2D eigenvalue weighted by molar-refractivity contribution is 5.89. The Bertz CT molecular complexity index is 665. The second kappa shape index (κ2) is 7.47. The zero-order chi connectivity index (χ0) is 14.2. The van der Waals surface area contributed by atoms with Gasteiger partial charge < -0.3 is 5.32 Å². The highest BCUT2D eigenvalue weighted by Gasteiger charge is 2.34. The molecule has 2 fully saturated rings. The van der Waals surface area contributed by atoms with Crippen LogP contribution in [0.2, 0.25) is 0 Å². The van der Waals surface area contributed by atoms with Gasteiger partial charge in [0, 0.05) is 24.7 Å². The fourth-order valence-corrected chi connectivity index (χ4v) is 3.71. The number of carbonyl (C=O) groups is 1. The van der Waals surface area contributed by atoms with E-state index >= 15 is 0 Å². The lowest BCUT2D eigenvalue weighted by molar-refractivity contribution is -0.117. The van der Waals surface area contributed by atoms with Crippen molar-refractivity contribution in [3.05, 3.63) is 24.4 Å². The largest absolute Gasteiger partial charge is 0.311 e. The molecule has 0 saturated carbocycles. The SMILES string of the molecule is Cl.Cl.O=C(CC1CC2CCC(C1)N2)Nc1nnc2ccccn12. The summed E-state index contributed by atoms with van der Waals surface area (Å²) >= 11 is 0. The molecule has 2 aliphatic heterocycles. The number of piperidine rings is 1. The van der Waals surface area contributed by atoms with Crippen LogP contribution in [-0.2, 0) is 4.79 Å². The number of rotatable bonds is 3. The number of pyridine rings is 1. The van der Waals surface area contributed by atoms with Crippen LogP contribution in [0.25, 0.3) is 5.65 Å². The molecular weight excluding hydrogens is 337 g/mol. The van der Waals surface area contributed by atoms with Gasteiger partial charge in [0.1, 0.15) is 0 Å². The molecule has 126 valence electrons. The van der Waals surface area contributed by atoms with E-state index in [1.165, 1.54) is 12.8 Å². The van der Waals surface area contributed by atoms with Gasteiger partial charge in [0.25, 0.3) is 0 Å². The van der Waals surface area contributed by atoms with Crippen LogP contribution >= 0.6 is 24.8 Å². The van der Waals surface area contributed by atoms with Crippen LogP contribution in [0.4, 0.5) is 5.95 Å². The molecular formula is C15H21Cl2N5O. The molecule has 0 aromatic carbocycles. The summed E-state index contributed by atoms with van der Waals surface area (Å²) in [5.41, 5.74) is 0.743. The molecule has 0 radical (unpaired) electrons. The Hall–Kier alpha value is -1.37. The van der Waals surface area contributed by atoms with Crippen molar-refractivity contribution in [1.82, 2.24) is 19.9 Å². The lowest BCUT2D eigenvalue weighted by Gasteiger charge is -2.28. The minimum Gasteiger partial charge on any atom is -0.311 e. The fourth-order valence-electron chi connectivity index (χ4n) is 3.71. The number of carbonyl (C=O) groups excluding carboxylic acids is 1. The first kappa shape index (κ1) is 18.0. The van der Waals surface area contributed by atoms with Crippen LogP contribution in [0.1, 0.15) is 32.1 Å². The Morgan fingerprint density at radius 3 is 2.70 bits per heavy atom. The Balaban J connectivity index is 0.000000960. The maximum absolute atomic E-state index is 12.2. The molecule has 2 saturated heterocycles. The van der Waals surface area contributed by atoms with E-state index in [1.807, 2.05) is 24.4 Å². The number of nitrogens with one attached hydrogen (secondary N) is 2. The summed E-state index contributed by atoms with van der Waals surface area (Å²) in [6.45, 7) is 0. The van der Waals surface area contributed by atoms with E-state index in [4.69, 9.17) is 0 Å². The number of fused-ring (bicyclic) bond motifs is 3. The summed E-state index contributed by atoms with van der Waals surface area (Å²) < 4.78 is 1.80. The van der Waals surface area contributed by atoms with Gasteiger partial charge in [-0.3, -0.25) is 14.5 Å². The fraction of sp³-hybridized carbons (Fsp3) is 0.533. The zero-order valence-electron chi connectivity index (χ0n) is 12.6. The van der Waals surface area contributed by atoms with Crippen molar-refractivity contribution in [3.63, 3.8) is 0 Å². The molecule has 4 heterocycles. The summed E-state index contributed by atoms with van der Waals surface area (Å²) in [5, 5.41) is 14.6. The standard InChI is InChI=1S/C15H19N5O.2ClH/c21-14(9-10-7-11-4-5-12(8-10)16-11)17-15-19-18-13-3-1-2-6-20(13)15;;/h1-3,6,10-12,16H,4-5,7-9H2,(H,17,19,21);2*1H. The quantitative estimate of drug-likeness (QED) is 0.884. The molecule has 2 aromatic rings. The van der Waals surface area contributed by atoms with E-state index in [9.17, 15) is 4.79 Å². The molecule has 2 bridgehead atoms. The van der Waals surface area contributed by atoms with Crippen LogP contribution in [0, 0.1) is 5.92 Å². The summed E-state index contributed by atoms with van der Waals surface area (Å²) in [6, 6.07) is 6.91. The monoisotopic (exact) mass is 357 g/mol. The number of aromatic nitrogens is 3. The van der Waals surface area contributed by atoms with Gasteiger partial charge in [-0.15, -0.1) is 35.0 Å². The third-order valence-electron chi connectivity index (χ3n) is 4.61. The summed E-state index contributed by atoms with van der Waals surface area (Å²) in [5.74, 6) is 1.04. The number of anilines is 1. The Morgan fingerprint density at radius 1 is 1.22 bits per heavy atom.